The van der Waals surface area contributed by atoms with Gasteiger partial charge in [0.25, 0.3) is 0 Å². The van der Waals surface area contributed by atoms with Crippen molar-refractivity contribution in [1.82, 2.24) is 16.0 Å². The van der Waals surface area contributed by atoms with Crippen LogP contribution >= 0.6 is 0 Å². The zero-order valence-electron chi connectivity index (χ0n) is 20.4. The molecule has 13 nitrogen and oxygen atoms in total. The molecule has 13 heteroatoms. The van der Waals surface area contributed by atoms with Crippen LogP contribution in [0.4, 0.5) is 0 Å². The molecule has 0 rings (SSSR count). The minimum Gasteiger partial charge on any atom is -0.480 e. The molecule has 12 N–H and O–H groups in total. The predicted molar refractivity (Wildman–Crippen MR) is 129 cm³/mol. The lowest BCUT2D eigenvalue weighted by molar-refractivity contribution is -0.142. The van der Waals surface area contributed by atoms with E-state index in [2.05, 4.69) is 20.9 Å². The van der Waals surface area contributed by atoms with Gasteiger partial charge in [0, 0.05) is 6.54 Å². The van der Waals surface area contributed by atoms with E-state index in [4.69, 9.17) is 22.9 Å². The van der Waals surface area contributed by atoms with Gasteiger partial charge in [0.05, 0.1) is 6.04 Å². The van der Waals surface area contributed by atoms with Gasteiger partial charge in [0.2, 0.25) is 17.7 Å². The van der Waals surface area contributed by atoms with Crippen LogP contribution in [0.2, 0.25) is 0 Å². The molecule has 34 heavy (non-hydrogen) atoms. The second-order valence-corrected chi connectivity index (χ2v) is 8.66. The zero-order chi connectivity index (χ0) is 26.3. The molecule has 0 bridgehead atoms. The maximum atomic E-state index is 12.8. The van der Waals surface area contributed by atoms with Crippen molar-refractivity contribution in [3.05, 3.63) is 0 Å². The number of hydrogen-bond acceptors (Lipinski definition) is 7. The van der Waals surface area contributed by atoms with Gasteiger partial charge >= 0.3 is 5.97 Å². The van der Waals surface area contributed by atoms with Gasteiger partial charge in [-0.2, -0.15) is 0 Å². The highest BCUT2D eigenvalue weighted by Gasteiger charge is 2.28. The summed E-state index contributed by atoms with van der Waals surface area (Å²) in [7, 11) is 0. The molecule has 0 spiro atoms. The molecule has 0 saturated heterocycles. The number of guanidine groups is 1. The Bertz CT molecular complexity index is 697. The molecule has 0 aromatic carbocycles. The number of unbranched alkanes of at least 4 members (excludes halogenated alkanes) is 1. The number of carbonyl (C=O) groups excluding carboxylic acids is 3. The van der Waals surface area contributed by atoms with Crippen LogP contribution in [0.5, 0.6) is 0 Å². The van der Waals surface area contributed by atoms with E-state index in [9.17, 15) is 24.3 Å². The average molecular weight is 487 g/mol. The Morgan fingerprint density at radius 1 is 0.853 bits per heavy atom. The van der Waals surface area contributed by atoms with Crippen molar-refractivity contribution in [3.8, 4) is 0 Å². The van der Waals surface area contributed by atoms with Crippen LogP contribution in [0.15, 0.2) is 4.99 Å². The average Bonchev–Trinajstić information content (AvgIpc) is 2.74. The number of carboxylic acids is 1. The predicted octanol–water partition coefficient (Wildman–Crippen LogP) is -1.90. The van der Waals surface area contributed by atoms with Gasteiger partial charge in [0.1, 0.15) is 18.1 Å². The van der Waals surface area contributed by atoms with E-state index in [0.29, 0.717) is 25.8 Å². The fourth-order valence-corrected chi connectivity index (χ4v) is 3.06. The Kier molecular flexibility index (Phi) is 15.2. The number of carbonyl (C=O) groups is 4. The van der Waals surface area contributed by atoms with Crippen LogP contribution in [-0.4, -0.2) is 72.0 Å². The number of amides is 3. The van der Waals surface area contributed by atoms with Crippen molar-refractivity contribution in [2.24, 2.45) is 33.8 Å². The van der Waals surface area contributed by atoms with Crippen molar-refractivity contribution in [3.63, 3.8) is 0 Å². The number of nitrogens with zero attached hydrogens (tertiary/aromatic N) is 1. The summed E-state index contributed by atoms with van der Waals surface area (Å²) in [6.07, 6.45) is 2.64. The maximum absolute atomic E-state index is 12.8. The Morgan fingerprint density at radius 3 is 2.00 bits per heavy atom. The van der Waals surface area contributed by atoms with Gasteiger partial charge in [-0.15, -0.1) is 0 Å². The first kappa shape index (κ1) is 31.1. The SMILES string of the molecule is CC(C)CC(NC(=O)C(C)NC(=O)C(CCCN=C(N)N)NC(=O)C(N)CCCCN)C(=O)O. The van der Waals surface area contributed by atoms with Gasteiger partial charge in [-0.3, -0.25) is 19.4 Å². The molecule has 0 saturated carbocycles. The number of rotatable bonds is 17. The molecule has 3 amide bonds. The molecule has 0 radical (unpaired) electrons. The molecule has 0 aliphatic heterocycles. The number of carboxylic acid groups (broad SMARTS) is 1. The molecule has 196 valence electrons. The highest BCUT2D eigenvalue weighted by molar-refractivity contribution is 5.93. The largest absolute Gasteiger partial charge is 0.480 e. The minimum atomic E-state index is -1.16. The van der Waals surface area contributed by atoms with Crippen LogP contribution < -0.4 is 38.9 Å². The standard InChI is InChI=1S/C21H42N8O5/c1-12(2)11-16(20(33)34)29-17(30)13(3)27-19(32)15(8-6-10-26-21(24)25)28-18(31)14(23)7-4-5-9-22/h12-16H,4-11,22-23H2,1-3H3,(H,27,32)(H,28,31)(H,29,30)(H,33,34)(H4,24,25,26). The monoisotopic (exact) mass is 486 g/mol. The summed E-state index contributed by atoms with van der Waals surface area (Å²) in [5.41, 5.74) is 22.0. The fourth-order valence-electron chi connectivity index (χ4n) is 3.06. The lowest BCUT2D eigenvalue weighted by Crippen LogP contribution is -2.56. The van der Waals surface area contributed by atoms with Gasteiger partial charge in [-0.1, -0.05) is 20.3 Å². The van der Waals surface area contributed by atoms with E-state index in [1.807, 2.05) is 13.8 Å². The van der Waals surface area contributed by atoms with Gasteiger partial charge in [0.15, 0.2) is 5.96 Å². The quantitative estimate of drug-likeness (QED) is 0.0649. The molecule has 0 heterocycles. The molecule has 0 aliphatic rings. The molecule has 0 fully saturated rings. The van der Waals surface area contributed by atoms with Crippen molar-refractivity contribution in [1.29, 1.82) is 0 Å². The van der Waals surface area contributed by atoms with Crippen LogP contribution in [0.1, 0.15) is 59.3 Å². The van der Waals surface area contributed by atoms with Crippen molar-refractivity contribution >= 4 is 29.7 Å². The summed E-state index contributed by atoms with van der Waals surface area (Å²) in [6.45, 7) is 5.84. The number of nitrogens with two attached hydrogens (primary N) is 4. The summed E-state index contributed by atoms with van der Waals surface area (Å²) >= 11 is 0. The third-order valence-corrected chi connectivity index (χ3v) is 4.96. The molecule has 0 aromatic heterocycles. The van der Waals surface area contributed by atoms with E-state index in [1.165, 1.54) is 6.92 Å². The number of hydrogen-bond donors (Lipinski definition) is 8. The van der Waals surface area contributed by atoms with Crippen molar-refractivity contribution < 1.29 is 24.3 Å². The first-order valence-electron chi connectivity index (χ1n) is 11.5. The molecule has 0 aromatic rings. The third-order valence-electron chi connectivity index (χ3n) is 4.96. The topological polar surface area (TPSA) is 241 Å². The first-order chi connectivity index (χ1) is 15.9. The molecular formula is C21H42N8O5. The Labute approximate surface area is 200 Å². The molecule has 4 atom stereocenters. The Hall–Kier alpha value is -2.93. The fraction of sp³-hybridized carbons (Fsp3) is 0.762. The normalized spacial score (nSPS) is 14.4. The lowest BCUT2D eigenvalue weighted by Gasteiger charge is -2.24. The van der Waals surface area contributed by atoms with E-state index in [0.717, 1.165) is 6.42 Å². The lowest BCUT2D eigenvalue weighted by atomic mass is 10.0. The summed E-state index contributed by atoms with van der Waals surface area (Å²) in [5, 5.41) is 16.9. The summed E-state index contributed by atoms with van der Waals surface area (Å²) in [5.74, 6) is -2.96. The summed E-state index contributed by atoms with van der Waals surface area (Å²) < 4.78 is 0. The summed E-state index contributed by atoms with van der Waals surface area (Å²) in [6, 6.07) is -3.90. The molecular weight excluding hydrogens is 444 g/mol. The highest BCUT2D eigenvalue weighted by atomic mass is 16.4. The van der Waals surface area contributed by atoms with Crippen LogP contribution in [-0.2, 0) is 19.2 Å². The Morgan fingerprint density at radius 2 is 1.47 bits per heavy atom. The van der Waals surface area contributed by atoms with E-state index in [-0.39, 0.29) is 31.3 Å². The van der Waals surface area contributed by atoms with Crippen LogP contribution in [0.3, 0.4) is 0 Å². The van der Waals surface area contributed by atoms with E-state index < -0.39 is 47.9 Å². The van der Waals surface area contributed by atoms with E-state index in [1.54, 1.807) is 0 Å². The smallest absolute Gasteiger partial charge is 0.326 e. The van der Waals surface area contributed by atoms with Gasteiger partial charge in [-0.05, 0) is 51.5 Å². The van der Waals surface area contributed by atoms with Gasteiger partial charge < -0.3 is 44.0 Å². The molecule has 4 unspecified atom stereocenters. The number of aliphatic imine (C=N–C) groups is 1. The van der Waals surface area contributed by atoms with Crippen molar-refractivity contribution in [2.45, 2.75) is 83.5 Å². The summed E-state index contributed by atoms with van der Waals surface area (Å²) in [4.78, 5) is 53.0. The zero-order valence-corrected chi connectivity index (χ0v) is 20.4. The second-order valence-electron chi connectivity index (χ2n) is 8.66. The van der Waals surface area contributed by atoms with E-state index >= 15 is 0 Å². The first-order valence-corrected chi connectivity index (χ1v) is 11.5. The second kappa shape index (κ2) is 16.6. The van der Waals surface area contributed by atoms with Crippen LogP contribution in [0.25, 0.3) is 0 Å². The molecule has 0 aliphatic carbocycles. The minimum absolute atomic E-state index is 0.0465. The van der Waals surface area contributed by atoms with Crippen LogP contribution in [0, 0.1) is 5.92 Å². The number of nitrogens with one attached hydrogen (secondary N) is 3. The number of aliphatic carboxylic acids is 1. The highest BCUT2D eigenvalue weighted by Crippen LogP contribution is 2.06. The van der Waals surface area contributed by atoms with Gasteiger partial charge in [-0.25, -0.2) is 4.79 Å². The van der Waals surface area contributed by atoms with Crippen molar-refractivity contribution in [2.75, 3.05) is 13.1 Å². The maximum Gasteiger partial charge on any atom is 0.326 e. The third kappa shape index (κ3) is 13.6. The Balaban J connectivity index is 5.15.